The van der Waals surface area contributed by atoms with Crippen LogP contribution in [-0.2, 0) is 27.8 Å². The third-order valence-corrected chi connectivity index (χ3v) is 7.36. The van der Waals surface area contributed by atoms with Crippen LogP contribution in [0.4, 0.5) is 0 Å². The summed E-state index contributed by atoms with van der Waals surface area (Å²) in [6.45, 7) is 0.747. The van der Waals surface area contributed by atoms with E-state index in [1.165, 1.54) is 12.1 Å². The van der Waals surface area contributed by atoms with Crippen LogP contribution in [0, 0.1) is 0 Å². The van der Waals surface area contributed by atoms with Gasteiger partial charge < -0.3 is 4.90 Å². The Balaban J connectivity index is 1.46. The van der Waals surface area contributed by atoms with Gasteiger partial charge >= 0.3 is 0 Å². The minimum absolute atomic E-state index is 0.00247. The molecule has 2 amide bonds. The summed E-state index contributed by atoms with van der Waals surface area (Å²) < 4.78 is 26.3. The van der Waals surface area contributed by atoms with E-state index < -0.39 is 15.9 Å². The summed E-state index contributed by atoms with van der Waals surface area (Å²) in [4.78, 5) is 27.5. The lowest BCUT2D eigenvalue weighted by Gasteiger charge is -2.24. The molecule has 0 fully saturated rings. The van der Waals surface area contributed by atoms with Crippen LogP contribution in [0.5, 0.6) is 0 Å². The number of sulfonamides is 1. The van der Waals surface area contributed by atoms with Crippen molar-refractivity contribution in [2.24, 2.45) is 0 Å². The summed E-state index contributed by atoms with van der Waals surface area (Å²) in [6.07, 6.45) is 0.617. The van der Waals surface area contributed by atoms with Crippen molar-refractivity contribution >= 4 is 21.8 Å². The largest absolute Gasteiger partial charge is 0.338 e. The highest BCUT2D eigenvalue weighted by atomic mass is 32.2. The molecule has 1 aliphatic heterocycles. The van der Waals surface area contributed by atoms with E-state index in [9.17, 15) is 18.0 Å². The minimum atomic E-state index is -3.92. The average Bonchev–Trinajstić information content (AvgIpc) is 3.01. The molecule has 164 valence electrons. The second-order valence-corrected chi connectivity index (χ2v) is 9.50. The van der Waals surface area contributed by atoms with E-state index in [4.69, 9.17) is 0 Å². The zero-order valence-electron chi connectivity index (χ0n) is 17.6. The van der Waals surface area contributed by atoms with Gasteiger partial charge in [0.05, 0.1) is 5.56 Å². The molecule has 1 heterocycles. The van der Waals surface area contributed by atoms with Crippen molar-refractivity contribution < 1.29 is 18.0 Å². The molecule has 0 saturated carbocycles. The van der Waals surface area contributed by atoms with Gasteiger partial charge in [0, 0.05) is 26.1 Å². The third-order valence-electron chi connectivity index (χ3n) is 5.52. The van der Waals surface area contributed by atoms with Gasteiger partial charge in [-0.1, -0.05) is 72.8 Å². The number of benzene rings is 3. The SMILES string of the molecule is O=C(CCN1C(=O)c2ccccc2S1(=O)=O)N(CCc1ccccc1)Cc1ccccc1. The van der Waals surface area contributed by atoms with Crippen molar-refractivity contribution in [3.8, 4) is 0 Å². The minimum Gasteiger partial charge on any atom is -0.338 e. The number of amides is 2. The summed E-state index contributed by atoms with van der Waals surface area (Å²) in [6, 6.07) is 25.7. The molecule has 0 unspecified atom stereocenters. The highest BCUT2D eigenvalue weighted by molar-refractivity contribution is 7.90. The second kappa shape index (κ2) is 9.36. The van der Waals surface area contributed by atoms with E-state index in [0.717, 1.165) is 15.4 Å². The number of carbonyl (C=O) groups is 2. The molecule has 0 radical (unpaired) electrons. The first-order valence-corrected chi connectivity index (χ1v) is 11.9. The summed E-state index contributed by atoms with van der Waals surface area (Å²) in [5.41, 5.74) is 2.27. The van der Waals surface area contributed by atoms with Crippen molar-refractivity contribution in [1.29, 1.82) is 0 Å². The Morgan fingerprint density at radius 3 is 2.06 bits per heavy atom. The quantitative estimate of drug-likeness (QED) is 0.529. The number of fused-ring (bicyclic) bond motifs is 1. The van der Waals surface area contributed by atoms with Crippen molar-refractivity contribution in [3.63, 3.8) is 0 Å². The Kier molecular flexibility index (Phi) is 6.37. The van der Waals surface area contributed by atoms with Crippen LogP contribution in [0.1, 0.15) is 27.9 Å². The van der Waals surface area contributed by atoms with Gasteiger partial charge in [0.25, 0.3) is 15.9 Å². The molecule has 3 aromatic carbocycles. The third kappa shape index (κ3) is 4.57. The maximum atomic E-state index is 13.1. The predicted octanol–water partition coefficient (Wildman–Crippen LogP) is 3.49. The highest BCUT2D eigenvalue weighted by Gasteiger charge is 2.40. The van der Waals surface area contributed by atoms with Gasteiger partial charge in [-0.05, 0) is 29.7 Å². The zero-order chi connectivity index (χ0) is 22.6. The first-order valence-electron chi connectivity index (χ1n) is 10.5. The Labute approximate surface area is 188 Å². The summed E-state index contributed by atoms with van der Waals surface area (Å²) in [5, 5.41) is 0. The van der Waals surface area contributed by atoms with Crippen molar-refractivity contribution in [2.75, 3.05) is 13.1 Å². The molecule has 7 heteroatoms. The monoisotopic (exact) mass is 448 g/mol. The van der Waals surface area contributed by atoms with Crippen LogP contribution in [0.25, 0.3) is 0 Å². The molecule has 0 aliphatic carbocycles. The van der Waals surface area contributed by atoms with E-state index in [2.05, 4.69) is 0 Å². The molecular formula is C25H24N2O4S. The lowest BCUT2D eigenvalue weighted by atomic mass is 10.1. The van der Waals surface area contributed by atoms with Crippen LogP contribution in [0.3, 0.4) is 0 Å². The van der Waals surface area contributed by atoms with E-state index in [-0.39, 0.29) is 29.3 Å². The molecular weight excluding hydrogens is 424 g/mol. The fourth-order valence-electron chi connectivity index (χ4n) is 3.81. The molecule has 0 N–H and O–H groups in total. The van der Waals surface area contributed by atoms with E-state index in [1.54, 1.807) is 17.0 Å². The first-order chi connectivity index (χ1) is 15.5. The van der Waals surface area contributed by atoms with Gasteiger partial charge in [0.15, 0.2) is 0 Å². The van der Waals surface area contributed by atoms with E-state index in [0.29, 0.717) is 19.5 Å². The number of hydrogen-bond acceptors (Lipinski definition) is 4. The van der Waals surface area contributed by atoms with Crippen molar-refractivity contribution in [2.45, 2.75) is 24.3 Å². The summed E-state index contributed by atoms with van der Waals surface area (Å²) in [5.74, 6) is -0.768. The molecule has 6 nitrogen and oxygen atoms in total. The maximum Gasteiger partial charge on any atom is 0.269 e. The number of nitrogens with zero attached hydrogens (tertiary/aromatic N) is 2. The average molecular weight is 449 g/mol. The van der Waals surface area contributed by atoms with Crippen LogP contribution >= 0.6 is 0 Å². The Hall–Kier alpha value is -3.45. The van der Waals surface area contributed by atoms with Crippen LogP contribution in [-0.4, -0.2) is 42.5 Å². The van der Waals surface area contributed by atoms with Crippen LogP contribution in [0.15, 0.2) is 89.8 Å². The smallest absolute Gasteiger partial charge is 0.269 e. The van der Waals surface area contributed by atoms with Gasteiger partial charge in [-0.25, -0.2) is 12.7 Å². The molecule has 3 aromatic rings. The highest BCUT2D eigenvalue weighted by Crippen LogP contribution is 2.30. The molecule has 32 heavy (non-hydrogen) atoms. The van der Waals surface area contributed by atoms with Gasteiger partial charge in [0.2, 0.25) is 5.91 Å². The first kappa shape index (κ1) is 21.8. The fraction of sp³-hybridized carbons (Fsp3) is 0.200. The molecule has 0 atom stereocenters. The van der Waals surface area contributed by atoms with Crippen molar-refractivity contribution in [3.05, 3.63) is 102 Å². The van der Waals surface area contributed by atoms with E-state index in [1.807, 2.05) is 60.7 Å². The number of hydrogen-bond donors (Lipinski definition) is 0. The molecule has 0 bridgehead atoms. The summed E-state index contributed by atoms with van der Waals surface area (Å²) in [7, 11) is -3.92. The Bertz CT molecular complexity index is 1210. The van der Waals surface area contributed by atoms with Gasteiger partial charge in [-0.2, -0.15) is 0 Å². The lowest BCUT2D eigenvalue weighted by Crippen LogP contribution is -2.37. The van der Waals surface area contributed by atoms with Crippen molar-refractivity contribution in [1.82, 2.24) is 9.21 Å². The summed E-state index contributed by atoms with van der Waals surface area (Å²) >= 11 is 0. The molecule has 1 aliphatic rings. The predicted molar refractivity (Wildman–Crippen MR) is 121 cm³/mol. The van der Waals surface area contributed by atoms with Gasteiger partial charge in [-0.15, -0.1) is 0 Å². The zero-order valence-corrected chi connectivity index (χ0v) is 18.4. The Morgan fingerprint density at radius 1 is 0.812 bits per heavy atom. The molecule has 0 aromatic heterocycles. The van der Waals surface area contributed by atoms with Gasteiger partial charge in [-0.3, -0.25) is 9.59 Å². The van der Waals surface area contributed by atoms with Gasteiger partial charge in [0.1, 0.15) is 4.90 Å². The normalized spacial score (nSPS) is 14.2. The van der Waals surface area contributed by atoms with Crippen LogP contribution < -0.4 is 0 Å². The van der Waals surface area contributed by atoms with Crippen LogP contribution in [0.2, 0.25) is 0 Å². The maximum absolute atomic E-state index is 13.1. The number of carbonyl (C=O) groups excluding carboxylic acids is 2. The number of rotatable bonds is 8. The second-order valence-electron chi connectivity index (χ2n) is 7.66. The topological polar surface area (TPSA) is 74.8 Å². The van der Waals surface area contributed by atoms with E-state index >= 15 is 0 Å². The standard InChI is InChI=1S/C25H24N2O4S/c28-24(16-18-27-25(29)22-13-7-8-14-23(22)32(27,30)31)26(19-21-11-5-2-6-12-21)17-15-20-9-3-1-4-10-20/h1-14H,15-19H2. The lowest BCUT2D eigenvalue weighted by molar-refractivity contribution is -0.131. The Morgan fingerprint density at radius 2 is 1.41 bits per heavy atom. The molecule has 4 rings (SSSR count). The molecule has 0 saturated heterocycles. The fourth-order valence-corrected chi connectivity index (χ4v) is 5.38. The molecule has 0 spiro atoms.